The van der Waals surface area contributed by atoms with E-state index in [2.05, 4.69) is 15.3 Å². The van der Waals surface area contributed by atoms with E-state index < -0.39 is 0 Å². The molecule has 0 saturated heterocycles. The zero-order chi connectivity index (χ0) is 13.9. The fraction of sp³-hybridized carbons (Fsp3) is 0. The molecular weight excluding hydrogens is 257 g/mol. The zero-order valence-electron chi connectivity index (χ0n) is 10.4. The van der Waals surface area contributed by atoms with Gasteiger partial charge in [-0.15, -0.1) is 0 Å². The van der Waals surface area contributed by atoms with Crippen LogP contribution >= 0.6 is 0 Å². The molecule has 0 bridgehead atoms. The molecule has 3 rings (SSSR count). The van der Waals surface area contributed by atoms with Gasteiger partial charge in [-0.05, 0) is 17.5 Å². The predicted molar refractivity (Wildman–Crippen MR) is 73.9 cm³/mol. The van der Waals surface area contributed by atoms with Crippen LogP contribution in [0.5, 0.6) is 0 Å². The van der Waals surface area contributed by atoms with Crippen molar-refractivity contribution in [3.8, 4) is 0 Å². The third kappa shape index (κ3) is 2.21. The molecule has 0 fully saturated rings. The van der Waals surface area contributed by atoms with Crippen molar-refractivity contribution < 1.29 is 9.18 Å². The van der Waals surface area contributed by atoms with Crippen LogP contribution < -0.4 is 5.32 Å². The highest BCUT2D eigenvalue weighted by atomic mass is 19.1. The van der Waals surface area contributed by atoms with Crippen molar-refractivity contribution in [3.05, 3.63) is 66.5 Å². The van der Waals surface area contributed by atoms with Crippen molar-refractivity contribution in [1.82, 2.24) is 9.97 Å². The Bertz CT molecular complexity index is 774. The van der Waals surface area contributed by atoms with E-state index in [-0.39, 0.29) is 11.7 Å². The normalized spacial score (nSPS) is 10.4. The van der Waals surface area contributed by atoms with Crippen LogP contribution in [-0.4, -0.2) is 15.9 Å². The molecular formula is C15H10FN3O. The number of anilines is 1. The topological polar surface area (TPSA) is 54.9 Å². The van der Waals surface area contributed by atoms with E-state index in [1.54, 1.807) is 24.3 Å². The highest BCUT2D eigenvalue weighted by Crippen LogP contribution is 2.22. The lowest BCUT2D eigenvalue weighted by Gasteiger charge is -2.08. The van der Waals surface area contributed by atoms with Gasteiger partial charge in [-0.25, -0.2) is 14.4 Å². The Morgan fingerprint density at radius 1 is 1.00 bits per heavy atom. The molecule has 0 aliphatic heterocycles. The number of halogens is 1. The Kier molecular flexibility index (Phi) is 3.09. The number of nitrogens with zero attached hydrogens (tertiary/aromatic N) is 2. The van der Waals surface area contributed by atoms with E-state index in [1.165, 1.54) is 30.9 Å². The number of carbonyl (C=O) groups excluding carboxylic acids is 1. The monoisotopic (exact) mass is 267 g/mol. The van der Waals surface area contributed by atoms with Gasteiger partial charge in [0.15, 0.2) is 0 Å². The molecule has 4 nitrogen and oxygen atoms in total. The van der Waals surface area contributed by atoms with Gasteiger partial charge in [0, 0.05) is 10.9 Å². The summed E-state index contributed by atoms with van der Waals surface area (Å²) in [6, 6.07) is 9.62. The number of rotatable bonds is 2. The zero-order valence-corrected chi connectivity index (χ0v) is 10.4. The highest BCUT2D eigenvalue weighted by Gasteiger charge is 2.12. The molecule has 1 amide bonds. The lowest BCUT2D eigenvalue weighted by Crippen LogP contribution is -2.13. The highest BCUT2D eigenvalue weighted by molar-refractivity contribution is 6.12. The number of aromatic nitrogens is 2. The average Bonchev–Trinajstić information content (AvgIpc) is 2.49. The third-order valence-electron chi connectivity index (χ3n) is 2.93. The van der Waals surface area contributed by atoms with E-state index in [0.717, 1.165) is 0 Å². The van der Waals surface area contributed by atoms with Gasteiger partial charge >= 0.3 is 0 Å². The van der Waals surface area contributed by atoms with Gasteiger partial charge in [0.25, 0.3) is 5.91 Å². The molecule has 0 saturated carbocycles. The van der Waals surface area contributed by atoms with Crippen molar-refractivity contribution in [3.63, 3.8) is 0 Å². The largest absolute Gasteiger partial charge is 0.319 e. The van der Waals surface area contributed by atoms with Crippen LogP contribution in [0.15, 0.2) is 55.1 Å². The van der Waals surface area contributed by atoms with E-state index in [9.17, 15) is 9.18 Å². The Morgan fingerprint density at radius 2 is 1.70 bits per heavy atom. The number of benzene rings is 2. The van der Waals surface area contributed by atoms with Crippen LogP contribution in [0.25, 0.3) is 10.8 Å². The first kappa shape index (κ1) is 12.2. The lowest BCUT2D eigenvalue weighted by molar-refractivity contribution is 0.102. The maximum atomic E-state index is 13.7. The second kappa shape index (κ2) is 5.05. The first-order chi connectivity index (χ1) is 9.75. The van der Waals surface area contributed by atoms with Crippen LogP contribution in [0.4, 0.5) is 10.1 Å². The fourth-order valence-corrected chi connectivity index (χ4v) is 2.02. The van der Waals surface area contributed by atoms with Crippen molar-refractivity contribution in [2.24, 2.45) is 0 Å². The minimum atomic E-state index is -0.347. The molecule has 0 atom stereocenters. The molecule has 5 heteroatoms. The van der Waals surface area contributed by atoms with Gasteiger partial charge in [-0.2, -0.15) is 0 Å². The number of fused-ring (bicyclic) bond motifs is 1. The first-order valence-electron chi connectivity index (χ1n) is 5.99. The van der Waals surface area contributed by atoms with Crippen molar-refractivity contribution in [2.75, 3.05) is 5.32 Å². The minimum Gasteiger partial charge on any atom is -0.319 e. The summed E-state index contributed by atoms with van der Waals surface area (Å²) in [6.45, 7) is 0. The Hall–Kier alpha value is -2.82. The second-order valence-corrected chi connectivity index (χ2v) is 4.22. The van der Waals surface area contributed by atoms with Gasteiger partial charge in [0.05, 0.1) is 18.1 Å². The van der Waals surface area contributed by atoms with Gasteiger partial charge in [0.1, 0.15) is 12.1 Å². The molecule has 1 N–H and O–H groups in total. The molecule has 0 spiro atoms. The number of hydrogen-bond donors (Lipinski definition) is 1. The predicted octanol–water partition coefficient (Wildman–Crippen LogP) is 3.02. The summed E-state index contributed by atoms with van der Waals surface area (Å²) in [6.07, 6.45) is 4.37. The van der Waals surface area contributed by atoms with Crippen LogP contribution in [0.1, 0.15) is 10.4 Å². The van der Waals surface area contributed by atoms with Crippen LogP contribution in [0, 0.1) is 5.82 Å². The molecule has 1 heterocycles. The quantitative estimate of drug-likeness (QED) is 0.776. The Balaban J connectivity index is 2.02. The Labute approximate surface area is 114 Å². The van der Waals surface area contributed by atoms with Crippen LogP contribution in [0.2, 0.25) is 0 Å². The average molecular weight is 267 g/mol. The SMILES string of the molecule is O=C(Nc1cncnc1)c1ccc(F)c2ccccc12. The molecule has 1 aromatic heterocycles. The summed E-state index contributed by atoms with van der Waals surface area (Å²) in [5.74, 6) is -0.670. The second-order valence-electron chi connectivity index (χ2n) is 4.22. The summed E-state index contributed by atoms with van der Waals surface area (Å²) in [5.41, 5.74) is 0.900. The maximum Gasteiger partial charge on any atom is 0.256 e. The van der Waals surface area contributed by atoms with E-state index in [1.807, 2.05) is 0 Å². The summed E-state index contributed by atoms with van der Waals surface area (Å²) in [5, 5.41) is 3.68. The van der Waals surface area contributed by atoms with Gasteiger partial charge in [0.2, 0.25) is 0 Å². The van der Waals surface area contributed by atoms with E-state index >= 15 is 0 Å². The summed E-state index contributed by atoms with van der Waals surface area (Å²) in [7, 11) is 0. The summed E-state index contributed by atoms with van der Waals surface area (Å²) < 4.78 is 13.7. The molecule has 3 aromatic rings. The van der Waals surface area contributed by atoms with Crippen LogP contribution in [0.3, 0.4) is 0 Å². The molecule has 2 aromatic carbocycles. The standard InChI is InChI=1S/C15H10FN3O/c16-14-6-5-13(11-3-1-2-4-12(11)14)15(20)19-10-7-17-9-18-8-10/h1-9H,(H,19,20). The van der Waals surface area contributed by atoms with E-state index in [4.69, 9.17) is 0 Å². The summed E-state index contributed by atoms with van der Waals surface area (Å²) >= 11 is 0. The van der Waals surface area contributed by atoms with E-state index in [0.29, 0.717) is 22.0 Å². The van der Waals surface area contributed by atoms with Gasteiger partial charge in [-0.3, -0.25) is 4.79 Å². The molecule has 0 unspecified atom stereocenters. The van der Waals surface area contributed by atoms with Gasteiger partial charge < -0.3 is 5.32 Å². The number of amides is 1. The molecule has 20 heavy (non-hydrogen) atoms. The molecule has 0 aliphatic carbocycles. The fourth-order valence-electron chi connectivity index (χ4n) is 2.02. The third-order valence-corrected chi connectivity index (χ3v) is 2.93. The van der Waals surface area contributed by atoms with Crippen molar-refractivity contribution in [1.29, 1.82) is 0 Å². The van der Waals surface area contributed by atoms with Crippen LogP contribution in [-0.2, 0) is 0 Å². The number of hydrogen-bond acceptors (Lipinski definition) is 3. The molecule has 0 aliphatic rings. The molecule has 0 radical (unpaired) electrons. The minimum absolute atomic E-state index is 0.323. The number of nitrogens with one attached hydrogen (secondary N) is 1. The Morgan fingerprint density at radius 3 is 2.45 bits per heavy atom. The summed E-state index contributed by atoms with van der Waals surface area (Å²) in [4.78, 5) is 19.9. The maximum absolute atomic E-state index is 13.7. The first-order valence-corrected chi connectivity index (χ1v) is 5.99. The van der Waals surface area contributed by atoms with Crippen molar-refractivity contribution in [2.45, 2.75) is 0 Å². The lowest BCUT2D eigenvalue weighted by atomic mass is 10.0. The molecule has 98 valence electrons. The van der Waals surface area contributed by atoms with Crippen molar-refractivity contribution >= 4 is 22.4 Å². The smallest absolute Gasteiger partial charge is 0.256 e. The number of carbonyl (C=O) groups is 1. The van der Waals surface area contributed by atoms with Gasteiger partial charge in [-0.1, -0.05) is 24.3 Å².